The molecule has 2 aliphatic rings. The van der Waals surface area contributed by atoms with Gasteiger partial charge in [-0.25, -0.2) is 0 Å². The molecule has 60 heavy (non-hydrogen) atoms. The second kappa shape index (κ2) is 21.5. The predicted octanol–water partition coefficient (Wildman–Crippen LogP) is 16.5. The maximum absolute atomic E-state index is 2.78. The number of hydrogen-bond acceptors (Lipinski definition) is 0. The maximum Gasteiger partial charge on any atom is 0.0701 e. The van der Waals surface area contributed by atoms with Crippen LogP contribution in [0.1, 0.15) is 292 Å². The van der Waals surface area contributed by atoms with Crippen molar-refractivity contribution in [3.05, 3.63) is 86.5 Å². The lowest BCUT2D eigenvalue weighted by molar-refractivity contribution is 0.488. The molecule has 3 heteroatoms. The van der Waals surface area contributed by atoms with E-state index in [0.29, 0.717) is 53.3 Å². The SMILES string of the molecule is CC(C)c1cc(C(C)C)c([Si](c2c(C(C)C)cc(C(C)C)cc2C(C)C)=[Si](c2c(C(C)C)cc(C(C)C)cc2C(C)C)P(C2CCCCC2)C2CCCCC2)c(C(C)C)c1. The van der Waals surface area contributed by atoms with Gasteiger partial charge in [-0.3, -0.25) is 0 Å². The lowest BCUT2D eigenvalue weighted by Gasteiger charge is -2.43. The fourth-order valence-electron chi connectivity index (χ4n) is 10.8. The first-order valence-corrected chi connectivity index (χ1v) is 31.6. The lowest BCUT2D eigenvalue weighted by Crippen LogP contribution is -2.54. The van der Waals surface area contributed by atoms with Crippen molar-refractivity contribution in [2.45, 2.75) is 253 Å². The molecule has 0 spiro atoms. The second-order valence-corrected chi connectivity index (χ2v) is 34.7. The van der Waals surface area contributed by atoms with E-state index >= 15 is 0 Å². The smallest absolute Gasteiger partial charge is 0.0701 e. The largest absolute Gasteiger partial charge is 0.0927 e. The van der Waals surface area contributed by atoms with E-state index in [9.17, 15) is 0 Å². The van der Waals surface area contributed by atoms with Gasteiger partial charge < -0.3 is 0 Å². The molecule has 0 radical (unpaired) electrons. The van der Waals surface area contributed by atoms with Crippen LogP contribution in [0.4, 0.5) is 0 Å². The highest BCUT2D eigenvalue weighted by atomic mass is 31.4. The van der Waals surface area contributed by atoms with Crippen LogP contribution in [0.5, 0.6) is 0 Å². The van der Waals surface area contributed by atoms with Crippen LogP contribution in [-0.4, -0.2) is 26.8 Å². The third-order valence-electron chi connectivity index (χ3n) is 14.6. The van der Waals surface area contributed by atoms with Gasteiger partial charge in [0.15, 0.2) is 0 Å². The Morgan fingerprint density at radius 3 is 0.783 bits per heavy atom. The zero-order valence-electron chi connectivity index (χ0n) is 42.3. The van der Waals surface area contributed by atoms with Gasteiger partial charge in [0, 0.05) is 0 Å². The van der Waals surface area contributed by atoms with Gasteiger partial charge in [0.05, 0.1) is 15.4 Å². The zero-order valence-corrected chi connectivity index (χ0v) is 45.2. The zero-order chi connectivity index (χ0) is 44.3. The van der Waals surface area contributed by atoms with Crippen molar-refractivity contribution in [3.8, 4) is 0 Å². The topological polar surface area (TPSA) is 0 Å². The van der Waals surface area contributed by atoms with Crippen molar-refractivity contribution in [1.29, 1.82) is 0 Å². The van der Waals surface area contributed by atoms with E-state index in [1.165, 1.54) is 64.2 Å². The molecule has 0 unspecified atom stereocenters. The molecule has 2 saturated carbocycles. The van der Waals surface area contributed by atoms with Crippen molar-refractivity contribution in [1.82, 2.24) is 0 Å². The van der Waals surface area contributed by atoms with Crippen LogP contribution >= 0.6 is 7.47 Å². The molecule has 0 N–H and O–H groups in total. The summed E-state index contributed by atoms with van der Waals surface area (Å²) >= 11 is 0. The van der Waals surface area contributed by atoms with Gasteiger partial charge in [0.1, 0.15) is 0 Å². The minimum Gasteiger partial charge on any atom is -0.0927 e. The Labute approximate surface area is 376 Å². The van der Waals surface area contributed by atoms with Gasteiger partial charge in [0.2, 0.25) is 0 Å². The Hall–Kier alpha value is -1.48. The molecule has 0 aromatic heterocycles. The Morgan fingerprint density at radius 1 is 0.333 bits per heavy atom. The van der Waals surface area contributed by atoms with Gasteiger partial charge in [-0.15, -0.1) is 0 Å². The molecule has 0 atom stereocenters. The average molecular weight is 864 g/mol. The minimum atomic E-state index is -1.38. The first kappa shape index (κ1) is 49.5. The van der Waals surface area contributed by atoms with E-state index in [-0.39, 0.29) is 7.47 Å². The second-order valence-electron chi connectivity index (χ2n) is 22.3. The van der Waals surface area contributed by atoms with E-state index in [4.69, 9.17) is 0 Å². The summed E-state index contributed by atoms with van der Waals surface area (Å²) in [5.74, 6) is 4.48. The lowest BCUT2D eigenvalue weighted by atomic mass is 9.89. The summed E-state index contributed by atoms with van der Waals surface area (Å²) in [6, 6.07) is 16.6. The van der Waals surface area contributed by atoms with Crippen molar-refractivity contribution in [3.63, 3.8) is 0 Å². The van der Waals surface area contributed by atoms with E-state index in [1.807, 2.05) is 15.6 Å². The molecule has 2 fully saturated rings. The molecule has 0 bridgehead atoms. The van der Waals surface area contributed by atoms with Crippen molar-refractivity contribution >= 4 is 38.5 Å². The fraction of sp³-hybridized carbons (Fsp3) is 0.684. The normalized spacial score (nSPS) is 16.2. The number of hydrogen-bond donors (Lipinski definition) is 0. The summed E-state index contributed by atoms with van der Waals surface area (Å²) < 4.78 is 0. The van der Waals surface area contributed by atoms with Gasteiger partial charge in [0.25, 0.3) is 0 Å². The molecule has 0 saturated heterocycles. The van der Waals surface area contributed by atoms with Crippen LogP contribution < -0.4 is 15.6 Å². The minimum absolute atomic E-state index is 0.250. The third-order valence-corrected chi connectivity index (χ3v) is 33.8. The van der Waals surface area contributed by atoms with Crippen LogP contribution in [-0.2, 0) is 0 Å². The Bertz CT molecular complexity index is 1740. The summed E-state index contributed by atoms with van der Waals surface area (Å²) in [7, 11) is -2.84. The quantitative estimate of drug-likeness (QED) is 0.105. The summed E-state index contributed by atoms with van der Waals surface area (Å²) in [5, 5.41) is 5.70. The van der Waals surface area contributed by atoms with E-state index in [0.717, 1.165) is 11.3 Å². The first-order valence-electron chi connectivity index (χ1n) is 25.3. The van der Waals surface area contributed by atoms with Gasteiger partial charge >= 0.3 is 0 Å². The molecule has 0 heterocycles. The maximum atomic E-state index is 2.78. The summed E-state index contributed by atoms with van der Waals surface area (Å²) in [5.41, 5.74) is 16.8. The van der Waals surface area contributed by atoms with Crippen LogP contribution in [0.2, 0.25) is 0 Å². The van der Waals surface area contributed by atoms with Crippen LogP contribution in [0.3, 0.4) is 0 Å². The van der Waals surface area contributed by atoms with Crippen LogP contribution in [0.25, 0.3) is 0 Å². The fourth-order valence-corrected chi connectivity index (χ4v) is 37.8. The Balaban J connectivity index is 2.29. The standard InChI is InChI=1S/C57H91PSi2/c1-35(2)44-29-49(38(7)8)55(50(30-44)39(9)10)59(56-51(40(11)12)31-45(36(3)4)32-52(56)41(13)14)60(58(47-25-21-19-22-26-47)48-27-23-20-24-28-48)57-53(42(15)16)33-46(37(5)6)34-54(57)43(17)18/h29-43,47-48H,19-28H2,1-18H3. The molecular weight excluding hydrogens is 772 g/mol. The molecule has 5 rings (SSSR count). The van der Waals surface area contributed by atoms with Crippen LogP contribution in [0.15, 0.2) is 36.4 Å². The van der Waals surface area contributed by atoms with Gasteiger partial charge in [-0.05, 0) is 156 Å². The molecule has 332 valence electrons. The summed E-state index contributed by atoms with van der Waals surface area (Å²) in [4.78, 5) is 0. The van der Waals surface area contributed by atoms with Gasteiger partial charge in [-0.2, -0.15) is 0 Å². The summed E-state index contributed by atoms with van der Waals surface area (Å²) in [6.07, 6.45) is 14.6. The summed E-state index contributed by atoms with van der Waals surface area (Å²) in [6.45, 7) is 45.3. The highest BCUT2D eigenvalue weighted by Gasteiger charge is 2.41. The molecule has 3 aromatic rings. The molecule has 0 aliphatic heterocycles. The van der Waals surface area contributed by atoms with Crippen molar-refractivity contribution in [2.24, 2.45) is 0 Å². The van der Waals surface area contributed by atoms with Gasteiger partial charge in [-0.1, -0.05) is 207 Å². The van der Waals surface area contributed by atoms with Crippen LogP contribution in [0, 0.1) is 0 Å². The number of rotatable bonds is 15. The van der Waals surface area contributed by atoms with E-state index in [1.54, 1.807) is 50.1 Å². The molecule has 2 aliphatic carbocycles. The average Bonchev–Trinajstić information content (AvgIpc) is 3.19. The highest BCUT2D eigenvalue weighted by Crippen LogP contribution is 2.56. The first-order chi connectivity index (χ1) is 28.3. The molecule has 0 nitrogen and oxygen atoms in total. The molecule has 3 aromatic carbocycles. The van der Waals surface area contributed by atoms with E-state index < -0.39 is 15.4 Å². The molecular formula is C57H91PSi2. The highest BCUT2D eigenvalue weighted by molar-refractivity contribution is 7.96. The Kier molecular flexibility index (Phi) is 17.7. The molecule has 0 amide bonds. The third kappa shape index (κ3) is 10.9. The predicted molar refractivity (Wildman–Crippen MR) is 277 cm³/mol. The Morgan fingerprint density at radius 2 is 0.567 bits per heavy atom. The van der Waals surface area contributed by atoms with Crippen molar-refractivity contribution < 1.29 is 0 Å². The van der Waals surface area contributed by atoms with Crippen molar-refractivity contribution in [2.75, 3.05) is 0 Å². The van der Waals surface area contributed by atoms with E-state index in [2.05, 4.69) is 161 Å². The monoisotopic (exact) mass is 863 g/mol. The number of benzene rings is 3.